The lowest BCUT2D eigenvalue weighted by molar-refractivity contribution is -0.251. The minimum atomic E-state index is -1.83. The van der Waals surface area contributed by atoms with Gasteiger partial charge in [-0.1, -0.05) is 34.6 Å². The second kappa shape index (κ2) is 5.04. The van der Waals surface area contributed by atoms with E-state index in [0.717, 1.165) is 12.8 Å². The fourth-order valence-corrected chi connectivity index (χ4v) is 5.70. The Morgan fingerprint density at radius 2 is 1.70 bits per heavy atom. The zero-order valence-electron chi connectivity index (χ0n) is 16.1. The maximum atomic E-state index is 6.78. The molecule has 3 aliphatic rings. The predicted octanol–water partition coefficient (Wildman–Crippen LogP) is 4.10. The highest BCUT2D eigenvalue weighted by Crippen LogP contribution is 2.63. The molecule has 3 aliphatic heterocycles. The molecule has 23 heavy (non-hydrogen) atoms. The van der Waals surface area contributed by atoms with Crippen molar-refractivity contribution >= 4 is 8.32 Å². The maximum absolute atomic E-state index is 6.78. The molecule has 0 aromatic rings. The first kappa shape index (κ1) is 17.9. The molecule has 0 radical (unpaired) electrons. The van der Waals surface area contributed by atoms with Crippen LogP contribution in [0, 0.1) is 5.92 Å². The van der Waals surface area contributed by atoms with E-state index in [0.29, 0.717) is 19.1 Å². The van der Waals surface area contributed by atoms with Crippen molar-refractivity contribution in [3.05, 3.63) is 0 Å². The summed E-state index contributed by atoms with van der Waals surface area (Å²) in [5, 5.41) is 0.203. The predicted molar refractivity (Wildman–Crippen MR) is 93.0 cm³/mol. The van der Waals surface area contributed by atoms with Gasteiger partial charge in [0, 0.05) is 12.8 Å². The van der Waals surface area contributed by atoms with Gasteiger partial charge < -0.3 is 18.6 Å². The lowest BCUT2D eigenvalue weighted by Crippen LogP contribution is -2.59. The third kappa shape index (κ3) is 2.38. The minimum Gasteiger partial charge on any atom is -0.411 e. The molecular formula is C18H34O4Si. The highest BCUT2D eigenvalue weighted by Gasteiger charge is 2.76. The van der Waals surface area contributed by atoms with Gasteiger partial charge in [-0.05, 0) is 31.0 Å². The van der Waals surface area contributed by atoms with Crippen molar-refractivity contribution in [1.29, 1.82) is 0 Å². The maximum Gasteiger partial charge on any atom is 0.201 e. The molecule has 0 unspecified atom stereocenters. The third-order valence-electron chi connectivity index (χ3n) is 6.74. The van der Waals surface area contributed by atoms with Gasteiger partial charge in [-0.2, -0.15) is 0 Å². The van der Waals surface area contributed by atoms with Crippen LogP contribution in [0.3, 0.4) is 0 Å². The van der Waals surface area contributed by atoms with Crippen LogP contribution in [0.2, 0.25) is 18.1 Å². The number of rotatable bonds is 3. The van der Waals surface area contributed by atoms with E-state index in [1.54, 1.807) is 0 Å². The first-order valence-corrected chi connectivity index (χ1v) is 11.9. The molecule has 0 amide bonds. The monoisotopic (exact) mass is 342 g/mol. The van der Waals surface area contributed by atoms with Crippen LogP contribution in [0.4, 0.5) is 0 Å². The molecule has 1 spiro atoms. The molecule has 3 rings (SSSR count). The molecule has 0 aliphatic carbocycles. The van der Waals surface area contributed by atoms with Gasteiger partial charge in [0.25, 0.3) is 0 Å². The normalized spacial score (nSPS) is 39.8. The van der Waals surface area contributed by atoms with Crippen LogP contribution in [-0.2, 0) is 18.6 Å². The van der Waals surface area contributed by atoms with Crippen molar-refractivity contribution in [1.82, 2.24) is 0 Å². The number of hydrogen-bond donors (Lipinski definition) is 0. The fourth-order valence-electron chi connectivity index (χ4n) is 4.30. The van der Waals surface area contributed by atoms with Gasteiger partial charge >= 0.3 is 0 Å². The molecular weight excluding hydrogens is 308 g/mol. The summed E-state index contributed by atoms with van der Waals surface area (Å²) < 4.78 is 25.7. The molecule has 0 saturated carbocycles. The molecule has 4 nitrogen and oxygen atoms in total. The van der Waals surface area contributed by atoms with Crippen LogP contribution in [0.25, 0.3) is 0 Å². The summed E-state index contributed by atoms with van der Waals surface area (Å²) in [6.45, 7) is 19.5. The van der Waals surface area contributed by atoms with E-state index >= 15 is 0 Å². The first-order chi connectivity index (χ1) is 10.4. The van der Waals surface area contributed by atoms with E-state index in [2.05, 4.69) is 54.6 Å². The minimum absolute atomic E-state index is 0.129. The van der Waals surface area contributed by atoms with Gasteiger partial charge in [0.15, 0.2) is 8.32 Å². The van der Waals surface area contributed by atoms with Gasteiger partial charge in [0.1, 0.15) is 5.60 Å². The Balaban J connectivity index is 1.89. The Bertz CT molecular complexity index is 474. The molecule has 3 atom stereocenters. The van der Waals surface area contributed by atoms with E-state index in [-0.39, 0.29) is 22.3 Å². The smallest absolute Gasteiger partial charge is 0.201 e. The fraction of sp³-hybridized carbons (Fsp3) is 1.00. The van der Waals surface area contributed by atoms with Crippen molar-refractivity contribution < 1.29 is 18.6 Å². The molecule has 0 N–H and O–H groups in total. The number of ether oxygens (including phenoxy) is 3. The van der Waals surface area contributed by atoms with Gasteiger partial charge in [0.05, 0.1) is 24.9 Å². The van der Waals surface area contributed by atoms with Crippen molar-refractivity contribution in [3.8, 4) is 0 Å². The van der Waals surface area contributed by atoms with Gasteiger partial charge in [0.2, 0.25) is 5.79 Å². The van der Waals surface area contributed by atoms with Crippen molar-refractivity contribution in [2.24, 2.45) is 5.92 Å². The quantitative estimate of drug-likeness (QED) is 0.724. The van der Waals surface area contributed by atoms with Crippen LogP contribution in [0.15, 0.2) is 0 Å². The van der Waals surface area contributed by atoms with Crippen LogP contribution >= 0.6 is 0 Å². The Hall–Kier alpha value is 0.0569. The van der Waals surface area contributed by atoms with Crippen molar-refractivity contribution in [3.63, 3.8) is 0 Å². The van der Waals surface area contributed by atoms with Gasteiger partial charge in [-0.25, -0.2) is 0 Å². The SMILES string of the molecule is CC(C)[C@]12C[C@@H](O[Si](C)(C)C(C)(C)C)[C@](C)(CC13OCCO3)O2. The number of hydrogen-bond acceptors (Lipinski definition) is 4. The second-order valence-corrected chi connectivity index (χ2v) is 14.4. The molecule has 0 aromatic heterocycles. The van der Waals surface area contributed by atoms with Crippen LogP contribution in [-0.4, -0.2) is 44.6 Å². The summed E-state index contributed by atoms with van der Waals surface area (Å²) >= 11 is 0. The zero-order valence-corrected chi connectivity index (χ0v) is 17.1. The van der Waals surface area contributed by atoms with Crippen LogP contribution in [0.1, 0.15) is 54.4 Å². The van der Waals surface area contributed by atoms with Crippen molar-refractivity contribution in [2.45, 2.75) is 95.6 Å². The molecule has 0 aromatic carbocycles. The summed E-state index contributed by atoms with van der Waals surface area (Å²) in [6.07, 6.45) is 1.77. The lowest BCUT2D eigenvalue weighted by atomic mass is 9.71. The molecule has 5 heteroatoms. The van der Waals surface area contributed by atoms with E-state index in [4.69, 9.17) is 18.6 Å². The topological polar surface area (TPSA) is 36.9 Å². The highest BCUT2D eigenvalue weighted by molar-refractivity contribution is 6.74. The Morgan fingerprint density at radius 1 is 1.13 bits per heavy atom. The molecule has 3 saturated heterocycles. The Morgan fingerprint density at radius 3 is 2.17 bits per heavy atom. The lowest BCUT2D eigenvalue weighted by Gasteiger charge is -2.47. The molecule has 134 valence electrons. The van der Waals surface area contributed by atoms with E-state index < -0.39 is 14.1 Å². The summed E-state index contributed by atoms with van der Waals surface area (Å²) in [7, 11) is -1.83. The van der Waals surface area contributed by atoms with E-state index in [9.17, 15) is 0 Å². The second-order valence-electron chi connectivity index (χ2n) is 9.66. The molecule has 3 fully saturated rings. The average Bonchev–Trinajstić information content (AvgIpc) is 3.00. The molecule has 2 bridgehead atoms. The summed E-state index contributed by atoms with van der Waals surface area (Å²) in [5.74, 6) is -0.237. The van der Waals surface area contributed by atoms with E-state index in [1.165, 1.54) is 0 Å². The third-order valence-corrected chi connectivity index (χ3v) is 11.2. The van der Waals surface area contributed by atoms with E-state index in [1.807, 2.05) is 0 Å². The highest BCUT2D eigenvalue weighted by atomic mass is 28.4. The summed E-state index contributed by atoms with van der Waals surface area (Å²) in [6, 6.07) is 0. The van der Waals surface area contributed by atoms with Crippen LogP contribution in [0.5, 0.6) is 0 Å². The summed E-state index contributed by atoms with van der Waals surface area (Å²) in [4.78, 5) is 0. The summed E-state index contributed by atoms with van der Waals surface area (Å²) in [5.41, 5.74) is -0.699. The van der Waals surface area contributed by atoms with Crippen LogP contribution < -0.4 is 0 Å². The standard InChI is InChI=1S/C18H34O4Si/c1-13(2)17-11-14(21-23(7,8)15(3,4)5)16(6,22-17)12-18(17)19-9-10-20-18/h13-14H,9-12H2,1-8H3/t14-,16+,17-/m1/s1. The Labute approximate surface area is 142 Å². The zero-order chi connectivity index (χ0) is 17.3. The van der Waals surface area contributed by atoms with Crippen molar-refractivity contribution in [2.75, 3.05) is 13.2 Å². The molecule has 3 heterocycles. The largest absolute Gasteiger partial charge is 0.411 e. The Kier molecular flexibility index (Phi) is 3.91. The average molecular weight is 343 g/mol. The van der Waals surface area contributed by atoms with Gasteiger partial charge in [-0.15, -0.1) is 0 Å². The first-order valence-electron chi connectivity index (χ1n) is 9.03. The van der Waals surface area contributed by atoms with Gasteiger partial charge in [-0.3, -0.25) is 0 Å². The number of fused-ring (bicyclic) bond motifs is 3.